The summed E-state index contributed by atoms with van der Waals surface area (Å²) in [5.74, 6) is 0.0307. The first-order valence-corrected chi connectivity index (χ1v) is 4.89. The van der Waals surface area contributed by atoms with E-state index >= 15 is 0 Å². The molecular formula is C10H9FN4S. The molecule has 2 rings (SSSR count). The first kappa shape index (κ1) is 10.6. The summed E-state index contributed by atoms with van der Waals surface area (Å²) in [5.41, 5.74) is 12.4. The van der Waals surface area contributed by atoms with Gasteiger partial charge in [0, 0.05) is 0 Å². The Morgan fingerprint density at radius 3 is 2.44 bits per heavy atom. The first-order valence-electron chi connectivity index (χ1n) is 4.49. The maximum atomic E-state index is 12.7. The van der Waals surface area contributed by atoms with Crippen LogP contribution in [0.25, 0.3) is 5.69 Å². The highest BCUT2D eigenvalue weighted by Gasteiger charge is 2.10. The Labute approximate surface area is 96.7 Å². The van der Waals surface area contributed by atoms with Crippen LogP contribution in [0.15, 0.2) is 30.5 Å². The van der Waals surface area contributed by atoms with Gasteiger partial charge < -0.3 is 11.5 Å². The molecule has 0 amide bonds. The molecule has 1 heterocycles. The number of nitrogen functional groups attached to an aromatic ring is 1. The van der Waals surface area contributed by atoms with Crippen molar-refractivity contribution in [3.63, 3.8) is 0 Å². The second-order valence-corrected chi connectivity index (χ2v) is 3.64. The third-order valence-electron chi connectivity index (χ3n) is 2.14. The zero-order valence-corrected chi connectivity index (χ0v) is 9.04. The van der Waals surface area contributed by atoms with Gasteiger partial charge in [0.1, 0.15) is 16.6 Å². The Morgan fingerprint density at radius 2 is 1.94 bits per heavy atom. The van der Waals surface area contributed by atoms with Crippen LogP contribution in [0.4, 0.5) is 10.2 Å². The molecular weight excluding hydrogens is 227 g/mol. The van der Waals surface area contributed by atoms with Crippen LogP contribution in [0, 0.1) is 5.82 Å². The van der Waals surface area contributed by atoms with Crippen LogP contribution in [-0.4, -0.2) is 14.8 Å². The van der Waals surface area contributed by atoms with E-state index < -0.39 is 0 Å². The van der Waals surface area contributed by atoms with Crippen molar-refractivity contribution in [2.45, 2.75) is 0 Å². The van der Waals surface area contributed by atoms with E-state index in [-0.39, 0.29) is 10.8 Å². The number of nitrogens with two attached hydrogens (primary N) is 2. The highest BCUT2D eigenvalue weighted by molar-refractivity contribution is 7.80. The van der Waals surface area contributed by atoms with E-state index in [1.807, 2.05) is 0 Å². The molecule has 0 bridgehead atoms. The number of anilines is 1. The Balaban J connectivity index is 2.49. The molecule has 16 heavy (non-hydrogen) atoms. The van der Waals surface area contributed by atoms with Crippen molar-refractivity contribution in [2.75, 3.05) is 5.73 Å². The van der Waals surface area contributed by atoms with Gasteiger partial charge in [-0.3, -0.25) is 0 Å². The van der Waals surface area contributed by atoms with E-state index in [2.05, 4.69) is 5.10 Å². The summed E-state index contributed by atoms with van der Waals surface area (Å²) in [6.07, 6.45) is 1.49. The van der Waals surface area contributed by atoms with Crippen molar-refractivity contribution in [2.24, 2.45) is 5.73 Å². The summed E-state index contributed by atoms with van der Waals surface area (Å²) in [4.78, 5) is 0.186. The number of rotatable bonds is 2. The van der Waals surface area contributed by atoms with Crippen molar-refractivity contribution in [1.29, 1.82) is 0 Å². The zero-order chi connectivity index (χ0) is 11.7. The molecule has 0 aliphatic rings. The second kappa shape index (κ2) is 3.90. The fourth-order valence-corrected chi connectivity index (χ4v) is 1.49. The SMILES string of the molecule is NC(=S)c1cnn(-c2ccc(F)cc2)c1N. The molecule has 0 saturated carbocycles. The van der Waals surface area contributed by atoms with E-state index in [1.54, 1.807) is 12.1 Å². The molecule has 0 aliphatic heterocycles. The highest BCUT2D eigenvalue weighted by atomic mass is 32.1. The summed E-state index contributed by atoms with van der Waals surface area (Å²) in [7, 11) is 0. The smallest absolute Gasteiger partial charge is 0.137 e. The minimum atomic E-state index is -0.316. The van der Waals surface area contributed by atoms with Gasteiger partial charge in [0.25, 0.3) is 0 Å². The molecule has 0 atom stereocenters. The standard InChI is InChI=1S/C10H9FN4S/c11-6-1-3-7(4-2-6)15-9(12)8(5-14-15)10(13)16/h1-5H,12H2,(H2,13,16). The third kappa shape index (κ3) is 1.74. The maximum Gasteiger partial charge on any atom is 0.137 e. The average molecular weight is 236 g/mol. The topological polar surface area (TPSA) is 69.9 Å². The van der Waals surface area contributed by atoms with Crippen molar-refractivity contribution >= 4 is 23.0 Å². The lowest BCUT2D eigenvalue weighted by molar-refractivity contribution is 0.627. The van der Waals surface area contributed by atoms with E-state index in [1.165, 1.54) is 23.0 Å². The average Bonchev–Trinajstić information content (AvgIpc) is 2.61. The minimum Gasteiger partial charge on any atom is -0.389 e. The fourth-order valence-electron chi connectivity index (χ4n) is 1.34. The number of hydrogen-bond donors (Lipinski definition) is 2. The molecule has 0 aliphatic carbocycles. The fraction of sp³-hybridized carbons (Fsp3) is 0. The number of aromatic nitrogens is 2. The van der Waals surface area contributed by atoms with Gasteiger partial charge in [-0.25, -0.2) is 9.07 Å². The number of benzene rings is 1. The predicted octanol–water partition coefficient (Wildman–Crippen LogP) is 1.23. The predicted molar refractivity (Wildman–Crippen MR) is 63.8 cm³/mol. The summed E-state index contributed by atoms with van der Waals surface area (Å²) in [5, 5.41) is 4.04. The Hall–Kier alpha value is -1.95. The molecule has 6 heteroatoms. The summed E-state index contributed by atoms with van der Waals surface area (Å²) < 4.78 is 14.2. The molecule has 0 radical (unpaired) electrons. The zero-order valence-electron chi connectivity index (χ0n) is 8.22. The highest BCUT2D eigenvalue weighted by Crippen LogP contribution is 2.17. The van der Waals surface area contributed by atoms with E-state index in [9.17, 15) is 4.39 Å². The molecule has 1 aromatic carbocycles. The van der Waals surface area contributed by atoms with Crippen molar-refractivity contribution < 1.29 is 4.39 Å². The van der Waals surface area contributed by atoms with Crippen LogP contribution >= 0.6 is 12.2 Å². The first-order chi connectivity index (χ1) is 7.59. The lowest BCUT2D eigenvalue weighted by Gasteiger charge is -2.04. The van der Waals surface area contributed by atoms with Gasteiger partial charge in [0.2, 0.25) is 0 Å². The van der Waals surface area contributed by atoms with Gasteiger partial charge in [0.15, 0.2) is 0 Å². The van der Waals surface area contributed by atoms with Crippen molar-refractivity contribution in [3.8, 4) is 5.69 Å². The lowest BCUT2D eigenvalue weighted by Crippen LogP contribution is -2.12. The van der Waals surface area contributed by atoms with E-state index in [0.717, 1.165) is 0 Å². The van der Waals surface area contributed by atoms with Crippen LogP contribution in [0.2, 0.25) is 0 Å². The van der Waals surface area contributed by atoms with Crippen molar-refractivity contribution in [3.05, 3.63) is 41.8 Å². The molecule has 0 saturated heterocycles. The second-order valence-electron chi connectivity index (χ2n) is 3.20. The molecule has 0 unspecified atom stereocenters. The third-order valence-corrected chi connectivity index (χ3v) is 2.36. The molecule has 4 N–H and O–H groups in total. The van der Waals surface area contributed by atoms with Crippen LogP contribution < -0.4 is 11.5 Å². The Morgan fingerprint density at radius 1 is 1.31 bits per heavy atom. The molecule has 4 nitrogen and oxygen atoms in total. The maximum absolute atomic E-state index is 12.7. The Bertz CT molecular complexity index is 532. The van der Waals surface area contributed by atoms with E-state index in [4.69, 9.17) is 23.7 Å². The lowest BCUT2D eigenvalue weighted by atomic mass is 10.3. The molecule has 2 aromatic rings. The van der Waals surface area contributed by atoms with Gasteiger partial charge >= 0.3 is 0 Å². The van der Waals surface area contributed by atoms with E-state index in [0.29, 0.717) is 17.1 Å². The monoisotopic (exact) mass is 236 g/mol. The van der Waals surface area contributed by atoms with Crippen LogP contribution in [0.1, 0.15) is 5.56 Å². The summed E-state index contributed by atoms with van der Waals surface area (Å²) in [6, 6.07) is 5.80. The number of thiocarbonyl (C=S) groups is 1. The molecule has 82 valence electrons. The van der Waals surface area contributed by atoms with Gasteiger partial charge in [0.05, 0.1) is 17.4 Å². The van der Waals surface area contributed by atoms with Gasteiger partial charge in [-0.2, -0.15) is 5.10 Å². The molecule has 0 fully saturated rings. The summed E-state index contributed by atoms with van der Waals surface area (Å²) in [6.45, 7) is 0. The van der Waals surface area contributed by atoms with Gasteiger partial charge in [-0.05, 0) is 24.3 Å². The number of halogens is 1. The molecule has 0 spiro atoms. The normalized spacial score (nSPS) is 10.3. The Kier molecular flexibility index (Phi) is 2.57. The van der Waals surface area contributed by atoms with Crippen LogP contribution in [0.5, 0.6) is 0 Å². The van der Waals surface area contributed by atoms with Crippen molar-refractivity contribution in [1.82, 2.24) is 9.78 Å². The summed E-state index contributed by atoms with van der Waals surface area (Å²) >= 11 is 4.82. The van der Waals surface area contributed by atoms with Gasteiger partial charge in [-0.1, -0.05) is 12.2 Å². The van der Waals surface area contributed by atoms with Crippen LogP contribution in [0.3, 0.4) is 0 Å². The van der Waals surface area contributed by atoms with Crippen LogP contribution in [-0.2, 0) is 0 Å². The molecule has 1 aromatic heterocycles. The van der Waals surface area contributed by atoms with Gasteiger partial charge in [-0.15, -0.1) is 0 Å². The quantitative estimate of drug-likeness (QED) is 0.769. The number of hydrogen-bond acceptors (Lipinski definition) is 3. The largest absolute Gasteiger partial charge is 0.389 e. The minimum absolute atomic E-state index is 0.186. The number of nitrogens with zero attached hydrogens (tertiary/aromatic N) is 2.